The van der Waals surface area contributed by atoms with Crippen molar-refractivity contribution in [3.63, 3.8) is 0 Å². The maximum Gasteiger partial charge on any atom is 0.123 e. The SMILES string of the molecule is CCN(CC1C(C)CC(C)CC1O)c1ccc(F)cc1. The van der Waals surface area contributed by atoms with Crippen molar-refractivity contribution in [2.24, 2.45) is 17.8 Å². The molecule has 112 valence electrons. The fourth-order valence-electron chi connectivity index (χ4n) is 3.50. The molecule has 0 amide bonds. The van der Waals surface area contributed by atoms with Crippen LogP contribution in [0.25, 0.3) is 0 Å². The summed E-state index contributed by atoms with van der Waals surface area (Å²) in [5.74, 6) is 1.24. The zero-order valence-electron chi connectivity index (χ0n) is 12.7. The zero-order chi connectivity index (χ0) is 14.7. The van der Waals surface area contributed by atoms with Crippen LogP contribution in [-0.2, 0) is 0 Å². The molecule has 1 aromatic rings. The van der Waals surface area contributed by atoms with Gasteiger partial charge < -0.3 is 10.0 Å². The summed E-state index contributed by atoms with van der Waals surface area (Å²) in [4.78, 5) is 2.24. The molecule has 0 spiro atoms. The van der Waals surface area contributed by atoms with Crippen LogP contribution in [0.5, 0.6) is 0 Å². The highest BCUT2D eigenvalue weighted by Crippen LogP contribution is 2.35. The zero-order valence-corrected chi connectivity index (χ0v) is 12.7. The second-order valence-electron chi connectivity index (χ2n) is 6.30. The molecule has 0 saturated heterocycles. The van der Waals surface area contributed by atoms with E-state index >= 15 is 0 Å². The molecule has 0 heterocycles. The van der Waals surface area contributed by atoms with Crippen molar-refractivity contribution in [2.75, 3.05) is 18.0 Å². The van der Waals surface area contributed by atoms with Crippen LogP contribution in [0.2, 0.25) is 0 Å². The summed E-state index contributed by atoms with van der Waals surface area (Å²) in [5.41, 5.74) is 1.03. The fourth-order valence-corrected chi connectivity index (χ4v) is 3.50. The molecule has 1 aliphatic rings. The van der Waals surface area contributed by atoms with Crippen LogP contribution in [0.3, 0.4) is 0 Å². The van der Waals surface area contributed by atoms with E-state index < -0.39 is 0 Å². The van der Waals surface area contributed by atoms with Crippen molar-refractivity contribution in [2.45, 2.75) is 39.7 Å². The smallest absolute Gasteiger partial charge is 0.123 e. The summed E-state index contributed by atoms with van der Waals surface area (Å²) in [5, 5.41) is 10.4. The van der Waals surface area contributed by atoms with Gasteiger partial charge in [-0.05, 0) is 55.9 Å². The second-order valence-corrected chi connectivity index (χ2v) is 6.30. The first kappa shape index (κ1) is 15.3. The number of nitrogens with zero attached hydrogens (tertiary/aromatic N) is 1. The Kier molecular flexibility index (Phi) is 5.03. The number of halogens is 1. The molecule has 0 aromatic heterocycles. The van der Waals surface area contributed by atoms with E-state index in [4.69, 9.17) is 0 Å². The molecule has 0 bridgehead atoms. The molecule has 1 N–H and O–H groups in total. The molecule has 1 fully saturated rings. The topological polar surface area (TPSA) is 23.5 Å². The molecular weight excluding hydrogens is 253 g/mol. The van der Waals surface area contributed by atoms with Crippen LogP contribution >= 0.6 is 0 Å². The summed E-state index contributed by atoms with van der Waals surface area (Å²) in [6.07, 6.45) is 1.86. The molecule has 1 aromatic carbocycles. The number of hydrogen-bond donors (Lipinski definition) is 1. The molecule has 1 saturated carbocycles. The first-order valence-electron chi connectivity index (χ1n) is 7.69. The van der Waals surface area contributed by atoms with Crippen molar-refractivity contribution < 1.29 is 9.50 Å². The molecule has 1 aliphatic carbocycles. The van der Waals surface area contributed by atoms with Gasteiger partial charge in [-0.1, -0.05) is 13.8 Å². The first-order chi connectivity index (χ1) is 9.51. The number of hydrogen-bond acceptors (Lipinski definition) is 2. The summed E-state index contributed by atoms with van der Waals surface area (Å²) >= 11 is 0. The maximum atomic E-state index is 13.0. The van der Waals surface area contributed by atoms with Crippen LogP contribution in [0.4, 0.5) is 10.1 Å². The van der Waals surface area contributed by atoms with Gasteiger partial charge in [0.05, 0.1) is 6.10 Å². The predicted molar refractivity (Wildman–Crippen MR) is 81.3 cm³/mol. The number of rotatable bonds is 4. The Morgan fingerprint density at radius 1 is 1.20 bits per heavy atom. The number of benzene rings is 1. The summed E-state index contributed by atoms with van der Waals surface area (Å²) in [7, 11) is 0. The van der Waals surface area contributed by atoms with Gasteiger partial charge in [-0.2, -0.15) is 0 Å². The lowest BCUT2D eigenvalue weighted by Crippen LogP contribution is -2.42. The fraction of sp³-hybridized carbons (Fsp3) is 0.647. The van der Waals surface area contributed by atoms with E-state index in [1.165, 1.54) is 18.6 Å². The van der Waals surface area contributed by atoms with Crippen molar-refractivity contribution in [1.29, 1.82) is 0 Å². The lowest BCUT2D eigenvalue weighted by molar-refractivity contribution is 0.0201. The van der Waals surface area contributed by atoms with E-state index in [1.54, 1.807) is 0 Å². The largest absolute Gasteiger partial charge is 0.393 e. The highest BCUT2D eigenvalue weighted by Gasteiger charge is 2.33. The lowest BCUT2D eigenvalue weighted by atomic mass is 9.73. The Hall–Kier alpha value is -1.09. The maximum absolute atomic E-state index is 13.0. The average molecular weight is 279 g/mol. The van der Waals surface area contributed by atoms with Gasteiger partial charge in [-0.25, -0.2) is 4.39 Å². The summed E-state index contributed by atoms with van der Waals surface area (Å²) in [6, 6.07) is 6.64. The van der Waals surface area contributed by atoms with Crippen LogP contribution < -0.4 is 4.90 Å². The average Bonchev–Trinajstić information content (AvgIpc) is 2.39. The third-order valence-corrected chi connectivity index (χ3v) is 4.65. The van der Waals surface area contributed by atoms with E-state index in [0.717, 1.165) is 25.2 Å². The van der Waals surface area contributed by atoms with Crippen molar-refractivity contribution in [1.82, 2.24) is 0 Å². The van der Waals surface area contributed by atoms with E-state index in [9.17, 15) is 9.50 Å². The summed E-state index contributed by atoms with van der Waals surface area (Å²) in [6.45, 7) is 8.27. The minimum Gasteiger partial charge on any atom is -0.393 e. The Labute approximate surface area is 121 Å². The van der Waals surface area contributed by atoms with Gasteiger partial charge in [-0.15, -0.1) is 0 Å². The standard InChI is InChI=1S/C17H26FNO/c1-4-19(15-7-5-14(18)6-8-15)11-16-13(3)9-12(2)10-17(16)20/h5-8,12-13,16-17,20H,4,9-11H2,1-3H3. The van der Waals surface area contributed by atoms with E-state index in [0.29, 0.717) is 17.8 Å². The van der Waals surface area contributed by atoms with Gasteiger partial charge in [0.2, 0.25) is 0 Å². The van der Waals surface area contributed by atoms with Crippen LogP contribution in [0.1, 0.15) is 33.6 Å². The minimum atomic E-state index is -0.219. The van der Waals surface area contributed by atoms with Crippen molar-refractivity contribution >= 4 is 5.69 Å². The number of anilines is 1. The highest BCUT2D eigenvalue weighted by molar-refractivity contribution is 5.46. The number of aliphatic hydroxyl groups excluding tert-OH is 1. The van der Waals surface area contributed by atoms with Crippen LogP contribution in [-0.4, -0.2) is 24.3 Å². The Bertz CT molecular complexity index is 408. The normalized spacial score (nSPS) is 30.2. The lowest BCUT2D eigenvalue weighted by Gasteiger charge is -2.40. The molecule has 3 heteroatoms. The first-order valence-corrected chi connectivity index (χ1v) is 7.69. The molecule has 0 aliphatic heterocycles. The highest BCUT2D eigenvalue weighted by atomic mass is 19.1. The van der Waals surface area contributed by atoms with Crippen molar-refractivity contribution in [3.8, 4) is 0 Å². The van der Waals surface area contributed by atoms with Gasteiger partial charge in [0, 0.05) is 24.7 Å². The third-order valence-electron chi connectivity index (χ3n) is 4.65. The van der Waals surface area contributed by atoms with Gasteiger partial charge in [0.15, 0.2) is 0 Å². The van der Waals surface area contributed by atoms with Crippen LogP contribution in [0, 0.1) is 23.6 Å². The monoisotopic (exact) mass is 279 g/mol. The van der Waals surface area contributed by atoms with E-state index in [2.05, 4.69) is 25.7 Å². The molecule has 4 unspecified atom stereocenters. The molecular formula is C17H26FNO. The molecule has 2 rings (SSSR count). The molecule has 0 radical (unpaired) electrons. The third kappa shape index (κ3) is 3.51. The number of aliphatic hydroxyl groups is 1. The Balaban J connectivity index is 2.07. The van der Waals surface area contributed by atoms with Gasteiger partial charge in [-0.3, -0.25) is 0 Å². The van der Waals surface area contributed by atoms with E-state index in [-0.39, 0.29) is 11.9 Å². The molecule has 2 nitrogen and oxygen atoms in total. The Morgan fingerprint density at radius 2 is 1.85 bits per heavy atom. The van der Waals surface area contributed by atoms with Gasteiger partial charge >= 0.3 is 0 Å². The van der Waals surface area contributed by atoms with Crippen molar-refractivity contribution in [3.05, 3.63) is 30.1 Å². The quantitative estimate of drug-likeness (QED) is 0.908. The predicted octanol–water partition coefficient (Wildman–Crippen LogP) is 3.70. The van der Waals surface area contributed by atoms with Crippen LogP contribution in [0.15, 0.2) is 24.3 Å². The van der Waals surface area contributed by atoms with E-state index in [1.807, 2.05) is 12.1 Å². The van der Waals surface area contributed by atoms with Gasteiger partial charge in [0.25, 0.3) is 0 Å². The second kappa shape index (κ2) is 6.57. The Morgan fingerprint density at radius 3 is 2.40 bits per heavy atom. The summed E-state index contributed by atoms with van der Waals surface area (Å²) < 4.78 is 13.0. The molecule has 20 heavy (non-hydrogen) atoms. The molecule has 4 atom stereocenters. The van der Waals surface area contributed by atoms with Gasteiger partial charge in [0.1, 0.15) is 5.82 Å². The minimum absolute atomic E-state index is 0.204.